The predicted molar refractivity (Wildman–Crippen MR) is 95.5 cm³/mol. The van der Waals surface area contributed by atoms with E-state index >= 15 is 0 Å². The fourth-order valence-electron chi connectivity index (χ4n) is 4.03. The molecule has 0 saturated carbocycles. The maximum absolute atomic E-state index is 12.8. The maximum Gasteiger partial charge on any atom is 0.255 e. The molecule has 27 heavy (non-hydrogen) atoms. The van der Waals surface area contributed by atoms with Gasteiger partial charge in [-0.1, -0.05) is 0 Å². The first-order chi connectivity index (χ1) is 13.1. The molecule has 2 amide bonds. The second kappa shape index (κ2) is 7.42. The van der Waals surface area contributed by atoms with Gasteiger partial charge < -0.3 is 9.80 Å². The first-order valence-electron chi connectivity index (χ1n) is 9.33. The molecule has 3 saturated heterocycles. The van der Waals surface area contributed by atoms with Gasteiger partial charge >= 0.3 is 0 Å². The highest BCUT2D eigenvalue weighted by Crippen LogP contribution is 2.29. The average molecular weight is 369 g/mol. The third kappa shape index (κ3) is 3.67. The normalized spacial score (nSPS) is 22.0. The second-order valence-electron chi connectivity index (χ2n) is 7.29. The Kier molecular flexibility index (Phi) is 4.83. The number of piperidine rings is 1. The van der Waals surface area contributed by atoms with Crippen LogP contribution in [0, 0.1) is 12.8 Å². The van der Waals surface area contributed by atoms with Crippen molar-refractivity contribution < 1.29 is 9.59 Å². The summed E-state index contributed by atoms with van der Waals surface area (Å²) in [7, 11) is 0. The number of nitrogens with zero attached hydrogens (tertiary/aromatic N) is 7. The van der Waals surface area contributed by atoms with E-state index in [0.717, 1.165) is 19.4 Å². The molecule has 3 fully saturated rings. The van der Waals surface area contributed by atoms with Crippen molar-refractivity contribution in [3.63, 3.8) is 0 Å². The molecule has 2 atom stereocenters. The first-order valence-corrected chi connectivity index (χ1v) is 9.33. The van der Waals surface area contributed by atoms with Crippen molar-refractivity contribution in [3.8, 4) is 0 Å². The number of pyridine rings is 1. The molecule has 0 N–H and O–H groups in total. The highest BCUT2D eigenvalue weighted by Gasteiger charge is 2.38. The summed E-state index contributed by atoms with van der Waals surface area (Å²) < 4.78 is 1.65. The summed E-state index contributed by atoms with van der Waals surface area (Å²) in [5.74, 6) is 1.13. The van der Waals surface area contributed by atoms with Crippen molar-refractivity contribution in [3.05, 3.63) is 35.9 Å². The van der Waals surface area contributed by atoms with Crippen LogP contribution >= 0.6 is 0 Å². The van der Waals surface area contributed by atoms with Crippen molar-refractivity contribution in [1.29, 1.82) is 0 Å². The molecule has 9 heteroatoms. The molecule has 142 valence electrons. The highest BCUT2D eigenvalue weighted by atomic mass is 16.2. The van der Waals surface area contributed by atoms with Gasteiger partial charge in [-0.15, -0.1) is 5.10 Å². The van der Waals surface area contributed by atoms with Gasteiger partial charge in [0.15, 0.2) is 0 Å². The van der Waals surface area contributed by atoms with E-state index in [2.05, 4.69) is 20.5 Å². The third-order valence-electron chi connectivity index (χ3n) is 5.48. The second-order valence-corrected chi connectivity index (χ2v) is 7.29. The van der Waals surface area contributed by atoms with E-state index < -0.39 is 0 Å². The Morgan fingerprint density at radius 3 is 2.85 bits per heavy atom. The highest BCUT2D eigenvalue weighted by molar-refractivity contribution is 5.94. The minimum atomic E-state index is -0.00128. The van der Waals surface area contributed by atoms with Crippen molar-refractivity contribution in [2.24, 2.45) is 5.92 Å². The number of aryl methyl sites for hydroxylation is 2. The van der Waals surface area contributed by atoms with E-state index in [1.165, 1.54) is 0 Å². The minimum absolute atomic E-state index is 0.00128. The number of rotatable bonds is 4. The maximum atomic E-state index is 12.8. The number of carbonyl (C=O) groups is 2. The van der Waals surface area contributed by atoms with Crippen LogP contribution in [0.2, 0.25) is 0 Å². The van der Waals surface area contributed by atoms with E-state index in [9.17, 15) is 9.59 Å². The van der Waals surface area contributed by atoms with Crippen molar-refractivity contribution in [2.45, 2.75) is 38.8 Å². The summed E-state index contributed by atoms with van der Waals surface area (Å²) in [6.45, 7) is 4.29. The van der Waals surface area contributed by atoms with Gasteiger partial charge in [0.25, 0.3) is 5.91 Å². The molecule has 0 spiro atoms. The largest absolute Gasteiger partial charge is 0.338 e. The van der Waals surface area contributed by atoms with Crippen LogP contribution in [0.4, 0.5) is 0 Å². The van der Waals surface area contributed by atoms with Crippen LogP contribution in [0.1, 0.15) is 35.4 Å². The van der Waals surface area contributed by atoms with Gasteiger partial charge in [0.2, 0.25) is 5.91 Å². The van der Waals surface area contributed by atoms with Gasteiger partial charge in [-0.25, -0.2) is 4.68 Å². The molecular formula is C18H23N7O2. The Labute approximate surface area is 157 Å². The zero-order valence-corrected chi connectivity index (χ0v) is 15.4. The first kappa shape index (κ1) is 17.6. The van der Waals surface area contributed by atoms with Crippen LogP contribution in [-0.4, -0.2) is 72.5 Å². The van der Waals surface area contributed by atoms with Gasteiger partial charge in [-0.2, -0.15) is 0 Å². The summed E-state index contributed by atoms with van der Waals surface area (Å²) in [6.07, 6.45) is 5.63. The molecule has 5 rings (SSSR count). The van der Waals surface area contributed by atoms with Gasteiger partial charge in [0.05, 0.1) is 12.1 Å². The number of carbonyl (C=O) groups excluding carboxylic acids is 2. The van der Waals surface area contributed by atoms with Gasteiger partial charge in [-0.05, 0) is 48.2 Å². The van der Waals surface area contributed by atoms with Crippen LogP contribution in [-0.2, 0) is 11.3 Å². The summed E-state index contributed by atoms with van der Waals surface area (Å²) in [6, 6.07) is 3.64. The number of hydrogen-bond donors (Lipinski definition) is 0. The monoisotopic (exact) mass is 369 g/mol. The van der Waals surface area contributed by atoms with Crippen molar-refractivity contribution in [2.75, 3.05) is 19.6 Å². The SMILES string of the molecule is Cc1nnnn1CCC(=O)N1C[C@H]2CC[C@@H]1CN(C(=O)c1cccnc1)C2. The number of aromatic nitrogens is 5. The minimum Gasteiger partial charge on any atom is -0.338 e. The Hall–Kier alpha value is -2.84. The lowest BCUT2D eigenvalue weighted by molar-refractivity contribution is -0.135. The van der Waals surface area contributed by atoms with Crippen LogP contribution in [0.5, 0.6) is 0 Å². The zero-order chi connectivity index (χ0) is 18.8. The van der Waals surface area contributed by atoms with Gasteiger partial charge in [-0.3, -0.25) is 14.6 Å². The van der Waals surface area contributed by atoms with Gasteiger partial charge in [0.1, 0.15) is 5.82 Å². The molecule has 0 unspecified atom stereocenters. The van der Waals surface area contributed by atoms with Crippen LogP contribution < -0.4 is 0 Å². The molecule has 3 aliphatic heterocycles. The molecule has 9 nitrogen and oxygen atoms in total. The van der Waals surface area contributed by atoms with Crippen LogP contribution in [0.15, 0.2) is 24.5 Å². The lowest BCUT2D eigenvalue weighted by atomic mass is 9.94. The number of hydrogen-bond acceptors (Lipinski definition) is 6. The van der Waals surface area contributed by atoms with E-state index in [1.807, 2.05) is 16.7 Å². The Morgan fingerprint density at radius 2 is 2.11 bits per heavy atom. The fraction of sp³-hybridized carbons (Fsp3) is 0.556. The summed E-state index contributed by atoms with van der Waals surface area (Å²) in [5.41, 5.74) is 0.603. The van der Waals surface area contributed by atoms with Crippen LogP contribution in [0.3, 0.4) is 0 Å². The van der Waals surface area contributed by atoms with Crippen molar-refractivity contribution in [1.82, 2.24) is 35.0 Å². The Balaban J connectivity index is 1.42. The number of amides is 2. The molecule has 0 radical (unpaired) electrons. The van der Waals surface area contributed by atoms with Gasteiger partial charge in [0, 0.05) is 44.5 Å². The molecule has 0 aliphatic carbocycles. The molecular weight excluding hydrogens is 346 g/mol. The summed E-state index contributed by atoms with van der Waals surface area (Å²) in [5, 5.41) is 11.4. The molecule has 3 aliphatic rings. The van der Waals surface area contributed by atoms with E-state index in [1.54, 1.807) is 29.2 Å². The molecule has 0 aromatic carbocycles. The van der Waals surface area contributed by atoms with E-state index in [4.69, 9.17) is 0 Å². The molecule has 2 aromatic rings. The number of tetrazole rings is 1. The zero-order valence-electron chi connectivity index (χ0n) is 15.4. The lowest BCUT2D eigenvalue weighted by Crippen LogP contribution is -2.48. The smallest absolute Gasteiger partial charge is 0.255 e. The Morgan fingerprint density at radius 1 is 1.22 bits per heavy atom. The fourth-order valence-corrected chi connectivity index (χ4v) is 4.03. The summed E-state index contributed by atoms with van der Waals surface area (Å²) >= 11 is 0. The standard InChI is InChI=1S/C18H23N7O2/c1-13-20-21-22-25(13)8-6-17(26)24-11-14-4-5-16(24)12-23(10-14)18(27)15-3-2-7-19-9-15/h2-3,7,9,14,16H,4-6,8,10-12H2,1H3/t14-,16+/m0/s1. The Bertz CT molecular complexity index is 822. The number of fused-ring (bicyclic) bond motifs is 4. The van der Waals surface area contributed by atoms with Crippen molar-refractivity contribution >= 4 is 11.8 Å². The predicted octanol–water partition coefficient (Wildman–Crippen LogP) is 0.530. The topological polar surface area (TPSA) is 97.1 Å². The average Bonchev–Trinajstić information content (AvgIpc) is 2.91. The third-order valence-corrected chi connectivity index (χ3v) is 5.48. The lowest BCUT2D eigenvalue weighted by Gasteiger charge is -2.36. The van der Waals surface area contributed by atoms with Crippen LogP contribution in [0.25, 0.3) is 0 Å². The molecule has 5 heterocycles. The summed E-state index contributed by atoms with van der Waals surface area (Å²) in [4.78, 5) is 33.5. The quantitative estimate of drug-likeness (QED) is 0.780. The van der Waals surface area contributed by atoms with E-state index in [-0.39, 0.29) is 17.9 Å². The molecule has 2 aromatic heterocycles. The van der Waals surface area contributed by atoms with E-state index in [0.29, 0.717) is 43.4 Å². The molecule has 2 bridgehead atoms.